The minimum absolute atomic E-state index is 0.0378. The van der Waals surface area contributed by atoms with Crippen molar-refractivity contribution in [3.8, 4) is 11.5 Å². The van der Waals surface area contributed by atoms with Crippen molar-refractivity contribution in [2.75, 3.05) is 13.2 Å². The van der Waals surface area contributed by atoms with Crippen molar-refractivity contribution in [2.45, 2.75) is 38.6 Å². The highest BCUT2D eigenvalue weighted by molar-refractivity contribution is 5.44. The molecule has 1 fully saturated rings. The van der Waals surface area contributed by atoms with Crippen LogP contribution in [-0.2, 0) is 0 Å². The van der Waals surface area contributed by atoms with Crippen LogP contribution in [0, 0.1) is 5.92 Å². The number of fused-ring (bicyclic) bond motifs is 1. The van der Waals surface area contributed by atoms with Gasteiger partial charge in [0.05, 0.1) is 0 Å². The van der Waals surface area contributed by atoms with Gasteiger partial charge < -0.3 is 15.2 Å². The zero-order chi connectivity index (χ0) is 15.4. The molecule has 0 saturated heterocycles. The Morgan fingerprint density at radius 2 is 1.86 bits per heavy atom. The Morgan fingerprint density at radius 3 is 2.50 bits per heavy atom. The van der Waals surface area contributed by atoms with E-state index in [0.717, 1.165) is 23.0 Å². The van der Waals surface area contributed by atoms with Gasteiger partial charge in [0.2, 0.25) is 0 Å². The van der Waals surface area contributed by atoms with Gasteiger partial charge in [-0.15, -0.1) is 0 Å². The molecule has 1 aliphatic heterocycles. The maximum atomic E-state index is 5.75. The van der Waals surface area contributed by atoms with Crippen LogP contribution >= 0.6 is 0 Å². The molecule has 1 atom stereocenters. The molecule has 1 heterocycles. The third-order valence-electron chi connectivity index (χ3n) is 4.16. The SMILES string of the molecule is C1=CC(C2CC2)=CCC1.CC(N)c1ccc2c(c1)OCCO2. The van der Waals surface area contributed by atoms with Crippen LogP contribution in [0.4, 0.5) is 0 Å². The first-order chi connectivity index (χ1) is 10.7. The molecule has 1 aromatic carbocycles. The molecular weight excluding hydrogens is 274 g/mol. The molecule has 3 nitrogen and oxygen atoms in total. The average Bonchev–Trinajstić information content (AvgIpc) is 3.41. The first-order valence-electron chi connectivity index (χ1n) is 8.26. The van der Waals surface area contributed by atoms with Crippen LogP contribution in [0.25, 0.3) is 0 Å². The van der Waals surface area contributed by atoms with Crippen LogP contribution < -0.4 is 15.2 Å². The second-order valence-corrected chi connectivity index (χ2v) is 6.15. The van der Waals surface area contributed by atoms with Gasteiger partial charge in [-0.1, -0.05) is 24.3 Å². The van der Waals surface area contributed by atoms with Crippen molar-refractivity contribution in [1.29, 1.82) is 0 Å². The molecule has 0 radical (unpaired) electrons. The van der Waals surface area contributed by atoms with Crippen molar-refractivity contribution in [3.05, 3.63) is 47.6 Å². The first kappa shape index (κ1) is 15.2. The zero-order valence-electron chi connectivity index (χ0n) is 13.3. The summed E-state index contributed by atoms with van der Waals surface area (Å²) in [6, 6.07) is 5.86. The van der Waals surface area contributed by atoms with Crippen molar-refractivity contribution in [3.63, 3.8) is 0 Å². The van der Waals surface area contributed by atoms with E-state index in [1.54, 1.807) is 5.57 Å². The lowest BCUT2D eigenvalue weighted by atomic mass is 10.0. The highest BCUT2D eigenvalue weighted by atomic mass is 16.6. The predicted octanol–water partition coefficient (Wildman–Crippen LogP) is 4.15. The van der Waals surface area contributed by atoms with Gasteiger partial charge >= 0.3 is 0 Å². The van der Waals surface area contributed by atoms with Gasteiger partial charge in [0, 0.05) is 6.04 Å². The van der Waals surface area contributed by atoms with Gasteiger partial charge in [0.1, 0.15) is 13.2 Å². The summed E-state index contributed by atoms with van der Waals surface area (Å²) < 4.78 is 10.8. The summed E-state index contributed by atoms with van der Waals surface area (Å²) in [5, 5.41) is 0. The lowest BCUT2D eigenvalue weighted by molar-refractivity contribution is 0.171. The number of benzene rings is 1. The fraction of sp³-hybridized carbons (Fsp3) is 0.474. The molecule has 3 heteroatoms. The highest BCUT2D eigenvalue weighted by Crippen LogP contribution is 2.38. The van der Waals surface area contributed by atoms with Gasteiger partial charge in [-0.2, -0.15) is 0 Å². The molecule has 0 amide bonds. The number of allylic oxidation sites excluding steroid dienone is 4. The van der Waals surface area contributed by atoms with Crippen LogP contribution in [0.15, 0.2) is 42.0 Å². The summed E-state index contributed by atoms with van der Waals surface area (Å²) in [5.41, 5.74) is 8.44. The molecule has 0 bridgehead atoms. The summed E-state index contributed by atoms with van der Waals surface area (Å²) in [5.74, 6) is 2.58. The Morgan fingerprint density at radius 1 is 1.09 bits per heavy atom. The van der Waals surface area contributed by atoms with E-state index in [0.29, 0.717) is 13.2 Å². The molecule has 2 N–H and O–H groups in total. The van der Waals surface area contributed by atoms with E-state index < -0.39 is 0 Å². The van der Waals surface area contributed by atoms with Crippen LogP contribution in [0.1, 0.15) is 44.2 Å². The molecule has 3 aliphatic rings. The van der Waals surface area contributed by atoms with E-state index in [1.165, 1.54) is 25.7 Å². The predicted molar refractivity (Wildman–Crippen MR) is 89.2 cm³/mol. The average molecular weight is 299 g/mol. The van der Waals surface area contributed by atoms with Crippen LogP contribution in [0.3, 0.4) is 0 Å². The molecule has 118 valence electrons. The first-order valence-corrected chi connectivity index (χ1v) is 8.26. The topological polar surface area (TPSA) is 44.5 Å². The summed E-state index contributed by atoms with van der Waals surface area (Å²) in [6.45, 7) is 3.20. The number of hydrogen-bond acceptors (Lipinski definition) is 3. The quantitative estimate of drug-likeness (QED) is 0.892. The van der Waals surface area contributed by atoms with Crippen LogP contribution in [-0.4, -0.2) is 13.2 Å². The monoisotopic (exact) mass is 299 g/mol. The van der Waals surface area contributed by atoms with E-state index in [2.05, 4.69) is 18.2 Å². The zero-order valence-corrected chi connectivity index (χ0v) is 13.3. The second kappa shape index (κ2) is 7.01. The van der Waals surface area contributed by atoms with Crippen LogP contribution in [0.2, 0.25) is 0 Å². The minimum atomic E-state index is 0.0378. The normalized spacial score (nSPS) is 20.5. The molecule has 1 unspecified atom stereocenters. The largest absolute Gasteiger partial charge is 0.486 e. The summed E-state index contributed by atoms with van der Waals surface area (Å²) in [7, 11) is 0. The van der Waals surface area contributed by atoms with E-state index in [9.17, 15) is 0 Å². The standard InChI is InChI=1S/C10H13NO2.C9H12/c1-7(11)8-2-3-9-10(6-8)13-5-4-12-9;1-2-4-8(5-3-1)9-6-7-9/h2-3,6-7H,4-5,11H2,1H3;2,4-5,9H,1,3,6-7H2. The maximum Gasteiger partial charge on any atom is 0.161 e. The molecule has 22 heavy (non-hydrogen) atoms. The Balaban J connectivity index is 0.000000139. The van der Waals surface area contributed by atoms with Gasteiger partial charge in [-0.3, -0.25) is 0 Å². The van der Waals surface area contributed by atoms with E-state index in [4.69, 9.17) is 15.2 Å². The minimum Gasteiger partial charge on any atom is -0.486 e. The molecule has 1 saturated carbocycles. The second-order valence-electron chi connectivity index (χ2n) is 6.15. The van der Waals surface area contributed by atoms with Crippen molar-refractivity contribution in [1.82, 2.24) is 0 Å². The van der Waals surface area contributed by atoms with Crippen LogP contribution in [0.5, 0.6) is 11.5 Å². The summed E-state index contributed by atoms with van der Waals surface area (Å²) >= 11 is 0. The number of ether oxygens (including phenoxy) is 2. The smallest absolute Gasteiger partial charge is 0.161 e. The number of hydrogen-bond donors (Lipinski definition) is 1. The van der Waals surface area contributed by atoms with Gasteiger partial charge in [0.15, 0.2) is 11.5 Å². The molecule has 4 rings (SSSR count). The van der Waals surface area contributed by atoms with Gasteiger partial charge in [-0.05, 0) is 61.8 Å². The Labute approximate surface area is 132 Å². The molecule has 0 aromatic heterocycles. The number of nitrogens with two attached hydrogens (primary N) is 1. The van der Waals surface area contributed by atoms with E-state index in [-0.39, 0.29) is 6.04 Å². The highest BCUT2D eigenvalue weighted by Gasteiger charge is 2.24. The van der Waals surface area contributed by atoms with Crippen molar-refractivity contribution < 1.29 is 9.47 Å². The molecule has 0 spiro atoms. The summed E-state index contributed by atoms with van der Waals surface area (Å²) in [6.07, 6.45) is 12.4. The third-order valence-corrected chi connectivity index (χ3v) is 4.16. The lowest BCUT2D eigenvalue weighted by Gasteiger charge is -2.19. The summed E-state index contributed by atoms with van der Waals surface area (Å²) in [4.78, 5) is 0. The fourth-order valence-corrected chi connectivity index (χ4v) is 2.70. The third kappa shape index (κ3) is 3.92. The van der Waals surface area contributed by atoms with Gasteiger partial charge in [-0.25, -0.2) is 0 Å². The Hall–Kier alpha value is -1.74. The Bertz CT molecular complexity index is 571. The van der Waals surface area contributed by atoms with E-state index in [1.807, 2.05) is 25.1 Å². The fourth-order valence-electron chi connectivity index (χ4n) is 2.70. The van der Waals surface area contributed by atoms with Crippen molar-refractivity contribution >= 4 is 0 Å². The maximum absolute atomic E-state index is 5.75. The molecule has 1 aromatic rings. The Kier molecular flexibility index (Phi) is 4.84. The molecular formula is C19H25NO2. The van der Waals surface area contributed by atoms with E-state index >= 15 is 0 Å². The van der Waals surface area contributed by atoms with Crippen molar-refractivity contribution in [2.24, 2.45) is 11.7 Å². The lowest BCUT2D eigenvalue weighted by Crippen LogP contribution is -2.16. The number of rotatable bonds is 2. The van der Waals surface area contributed by atoms with Gasteiger partial charge in [0.25, 0.3) is 0 Å². The molecule has 2 aliphatic carbocycles.